The first-order valence-electron chi connectivity index (χ1n) is 10.9. The van der Waals surface area contributed by atoms with Crippen LogP contribution >= 0.6 is 0 Å². The van der Waals surface area contributed by atoms with Crippen LogP contribution in [0, 0.1) is 12.8 Å². The van der Waals surface area contributed by atoms with Crippen molar-refractivity contribution >= 4 is 15.9 Å². The Balaban J connectivity index is 1.37. The standard InChI is InChI=1S/C24H33N3O3S/c1-20-9-11-23(12-10-20)31(29,30)27-17-13-22(14-18-27)24(28)25-15-6-16-26(2)19-21-7-4-3-5-8-21/h3-5,7-12,22H,6,13-19H2,1-2H3,(H,25,28). The molecule has 168 valence electrons. The smallest absolute Gasteiger partial charge is 0.243 e. The molecule has 0 saturated carbocycles. The van der Waals surface area contributed by atoms with Crippen LogP contribution in [0.5, 0.6) is 0 Å². The molecule has 0 bridgehead atoms. The van der Waals surface area contributed by atoms with E-state index in [1.165, 1.54) is 9.87 Å². The Morgan fingerprint density at radius 1 is 1.06 bits per heavy atom. The molecular formula is C24H33N3O3S. The van der Waals surface area contributed by atoms with Crippen LogP contribution in [0.15, 0.2) is 59.5 Å². The molecule has 0 aromatic heterocycles. The largest absolute Gasteiger partial charge is 0.356 e. The highest BCUT2D eigenvalue weighted by Gasteiger charge is 2.31. The second kappa shape index (κ2) is 10.9. The third-order valence-electron chi connectivity index (χ3n) is 5.79. The molecule has 2 aromatic carbocycles. The van der Waals surface area contributed by atoms with Crippen LogP contribution in [0.2, 0.25) is 0 Å². The van der Waals surface area contributed by atoms with E-state index in [4.69, 9.17) is 0 Å². The number of hydrogen-bond donors (Lipinski definition) is 1. The van der Waals surface area contributed by atoms with Crippen LogP contribution in [0.1, 0.15) is 30.4 Å². The molecule has 0 atom stereocenters. The van der Waals surface area contributed by atoms with Crippen LogP contribution < -0.4 is 5.32 Å². The molecule has 0 unspecified atom stereocenters. The zero-order valence-corrected chi connectivity index (χ0v) is 19.3. The Morgan fingerprint density at radius 3 is 2.35 bits per heavy atom. The summed E-state index contributed by atoms with van der Waals surface area (Å²) in [7, 11) is -1.41. The topological polar surface area (TPSA) is 69.7 Å². The summed E-state index contributed by atoms with van der Waals surface area (Å²) in [6.45, 7) is 5.13. The monoisotopic (exact) mass is 443 g/mol. The molecule has 3 rings (SSSR count). The van der Waals surface area contributed by atoms with Gasteiger partial charge in [0.25, 0.3) is 0 Å². The number of benzene rings is 2. The van der Waals surface area contributed by atoms with Crippen molar-refractivity contribution in [1.29, 1.82) is 0 Å². The number of amides is 1. The van der Waals surface area contributed by atoms with Crippen molar-refractivity contribution in [2.45, 2.75) is 37.6 Å². The number of carbonyl (C=O) groups excluding carboxylic acids is 1. The van der Waals surface area contributed by atoms with Gasteiger partial charge in [0.15, 0.2) is 0 Å². The highest BCUT2D eigenvalue weighted by atomic mass is 32.2. The molecule has 1 saturated heterocycles. The van der Waals surface area contributed by atoms with Crippen molar-refractivity contribution in [1.82, 2.24) is 14.5 Å². The van der Waals surface area contributed by atoms with E-state index in [1.807, 2.05) is 37.3 Å². The zero-order valence-electron chi connectivity index (χ0n) is 18.5. The van der Waals surface area contributed by atoms with E-state index >= 15 is 0 Å². The van der Waals surface area contributed by atoms with Crippen molar-refractivity contribution in [2.75, 3.05) is 33.2 Å². The molecule has 1 amide bonds. The first kappa shape index (κ1) is 23.4. The van der Waals surface area contributed by atoms with Crippen molar-refractivity contribution in [3.8, 4) is 0 Å². The van der Waals surface area contributed by atoms with E-state index in [0.29, 0.717) is 37.4 Å². The Hall–Kier alpha value is -2.22. The van der Waals surface area contributed by atoms with E-state index in [9.17, 15) is 13.2 Å². The van der Waals surface area contributed by atoms with Gasteiger partial charge >= 0.3 is 0 Å². The second-order valence-electron chi connectivity index (χ2n) is 8.36. The lowest BCUT2D eigenvalue weighted by atomic mass is 9.97. The van der Waals surface area contributed by atoms with Crippen LogP contribution in [-0.2, 0) is 21.4 Å². The summed E-state index contributed by atoms with van der Waals surface area (Å²) >= 11 is 0. The number of rotatable bonds is 9. The number of carbonyl (C=O) groups is 1. The van der Waals surface area contributed by atoms with Gasteiger partial charge in [0.2, 0.25) is 15.9 Å². The van der Waals surface area contributed by atoms with Crippen LogP contribution in [0.3, 0.4) is 0 Å². The lowest BCUT2D eigenvalue weighted by Gasteiger charge is -2.30. The molecule has 1 heterocycles. The predicted molar refractivity (Wildman–Crippen MR) is 123 cm³/mol. The van der Waals surface area contributed by atoms with Gasteiger partial charge in [-0.3, -0.25) is 4.79 Å². The van der Waals surface area contributed by atoms with Gasteiger partial charge in [0.1, 0.15) is 0 Å². The normalized spacial score (nSPS) is 15.8. The third kappa shape index (κ3) is 6.63. The quantitative estimate of drug-likeness (QED) is 0.605. The third-order valence-corrected chi connectivity index (χ3v) is 7.71. The highest BCUT2D eigenvalue weighted by Crippen LogP contribution is 2.24. The Morgan fingerprint density at radius 2 is 1.71 bits per heavy atom. The Kier molecular flexibility index (Phi) is 8.23. The Labute approximate surface area is 186 Å². The first-order valence-corrected chi connectivity index (χ1v) is 12.4. The first-order chi connectivity index (χ1) is 14.9. The molecule has 1 fully saturated rings. The van der Waals surface area contributed by atoms with Gasteiger partial charge in [-0.2, -0.15) is 4.31 Å². The van der Waals surface area contributed by atoms with Crippen LogP contribution in [0.4, 0.5) is 0 Å². The summed E-state index contributed by atoms with van der Waals surface area (Å²) in [4.78, 5) is 15.1. The fourth-order valence-corrected chi connectivity index (χ4v) is 5.37. The van der Waals surface area contributed by atoms with Gasteiger partial charge in [-0.25, -0.2) is 8.42 Å². The van der Waals surface area contributed by atoms with Gasteiger partial charge < -0.3 is 10.2 Å². The number of nitrogens with one attached hydrogen (secondary N) is 1. The van der Waals surface area contributed by atoms with Gasteiger partial charge in [-0.1, -0.05) is 48.0 Å². The van der Waals surface area contributed by atoms with Crippen molar-refractivity contribution < 1.29 is 13.2 Å². The van der Waals surface area contributed by atoms with Gasteiger partial charge in [-0.05, 0) is 57.5 Å². The summed E-state index contributed by atoms with van der Waals surface area (Å²) < 4.78 is 27.1. The fraction of sp³-hybridized carbons (Fsp3) is 0.458. The second-order valence-corrected chi connectivity index (χ2v) is 10.3. The highest BCUT2D eigenvalue weighted by molar-refractivity contribution is 7.89. The number of piperidine rings is 1. The zero-order chi connectivity index (χ0) is 22.3. The minimum Gasteiger partial charge on any atom is -0.356 e. The van der Waals surface area contributed by atoms with Gasteiger partial charge in [0.05, 0.1) is 4.90 Å². The summed E-state index contributed by atoms with van der Waals surface area (Å²) in [6, 6.07) is 17.3. The fourth-order valence-electron chi connectivity index (χ4n) is 3.90. The number of sulfonamides is 1. The van der Waals surface area contributed by atoms with E-state index in [-0.39, 0.29) is 11.8 Å². The van der Waals surface area contributed by atoms with E-state index < -0.39 is 10.0 Å². The molecule has 2 aromatic rings. The average Bonchev–Trinajstić information content (AvgIpc) is 2.77. The molecule has 31 heavy (non-hydrogen) atoms. The maximum atomic E-state index is 12.8. The lowest BCUT2D eigenvalue weighted by Crippen LogP contribution is -2.43. The summed E-state index contributed by atoms with van der Waals surface area (Å²) in [5.41, 5.74) is 2.31. The molecule has 1 aliphatic heterocycles. The van der Waals surface area contributed by atoms with Gasteiger partial charge in [0, 0.05) is 32.1 Å². The number of hydrogen-bond acceptors (Lipinski definition) is 4. The summed E-state index contributed by atoms with van der Waals surface area (Å²) in [5, 5.41) is 3.03. The molecule has 1 N–H and O–H groups in total. The molecule has 7 heteroatoms. The minimum absolute atomic E-state index is 0.0399. The van der Waals surface area contributed by atoms with E-state index in [0.717, 1.165) is 25.1 Å². The van der Waals surface area contributed by atoms with Crippen LogP contribution in [-0.4, -0.2) is 56.8 Å². The van der Waals surface area contributed by atoms with Crippen molar-refractivity contribution in [3.63, 3.8) is 0 Å². The molecule has 0 radical (unpaired) electrons. The minimum atomic E-state index is -3.49. The molecular weight excluding hydrogens is 410 g/mol. The SMILES string of the molecule is Cc1ccc(S(=O)(=O)N2CCC(C(=O)NCCCN(C)Cc3ccccc3)CC2)cc1. The van der Waals surface area contributed by atoms with E-state index in [2.05, 4.69) is 29.4 Å². The number of nitrogens with zero attached hydrogens (tertiary/aromatic N) is 2. The molecule has 1 aliphatic rings. The average molecular weight is 444 g/mol. The predicted octanol–water partition coefficient (Wildman–Crippen LogP) is 3.03. The molecule has 6 nitrogen and oxygen atoms in total. The van der Waals surface area contributed by atoms with Crippen molar-refractivity contribution in [2.24, 2.45) is 5.92 Å². The van der Waals surface area contributed by atoms with E-state index in [1.54, 1.807) is 12.1 Å². The number of aryl methyl sites for hydroxylation is 1. The van der Waals surface area contributed by atoms with Crippen LogP contribution in [0.25, 0.3) is 0 Å². The maximum Gasteiger partial charge on any atom is 0.243 e. The lowest BCUT2D eigenvalue weighted by molar-refractivity contribution is -0.126. The molecule has 0 aliphatic carbocycles. The van der Waals surface area contributed by atoms with Crippen molar-refractivity contribution in [3.05, 3.63) is 65.7 Å². The summed E-state index contributed by atoms with van der Waals surface area (Å²) in [5.74, 6) is -0.0791. The van der Waals surface area contributed by atoms with Gasteiger partial charge in [-0.15, -0.1) is 0 Å². The molecule has 0 spiro atoms. The summed E-state index contributed by atoms with van der Waals surface area (Å²) in [6.07, 6.45) is 2.01. The maximum absolute atomic E-state index is 12.8. The Bertz CT molecular complexity index is 938.